The first-order chi connectivity index (χ1) is 26.8. The lowest BCUT2D eigenvalue weighted by Gasteiger charge is -2.08. The number of rotatable bonds is 13. The van der Waals surface area contributed by atoms with Crippen LogP contribution in [0.4, 0.5) is 8.78 Å². The fourth-order valence-corrected chi connectivity index (χ4v) is 8.85. The van der Waals surface area contributed by atoms with Gasteiger partial charge in [-0.05, 0) is 81.1 Å². The van der Waals surface area contributed by atoms with Crippen LogP contribution < -0.4 is 10.6 Å². The van der Waals surface area contributed by atoms with Gasteiger partial charge >= 0.3 is 0 Å². The second kappa shape index (κ2) is 19.2. The Morgan fingerprint density at radius 2 is 1.15 bits per heavy atom. The van der Waals surface area contributed by atoms with Crippen LogP contribution in [0.2, 0.25) is 0 Å². The number of halogens is 3. The third kappa shape index (κ3) is 10.1. The van der Waals surface area contributed by atoms with E-state index in [1.54, 1.807) is 43.0 Å². The predicted octanol–water partition coefficient (Wildman–Crippen LogP) is 10.7. The van der Waals surface area contributed by atoms with E-state index in [1.165, 1.54) is 27.1 Å². The van der Waals surface area contributed by atoms with Crippen molar-refractivity contribution in [3.05, 3.63) is 153 Å². The number of carbonyl (C=O) groups is 2. The minimum atomic E-state index is -0.578. The molecule has 0 fully saturated rings. The SMILES string of the molecule is COCCNC(=O)c1cccc(-c2cccc3cc(CBr)sc23)c1.COCCNC(=O)c1cccc(-c2cccc3cc(Cc4ccc(F)cc4F)sc23)c1. The topological polar surface area (TPSA) is 76.7 Å². The molecule has 2 aromatic heterocycles. The van der Waals surface area contributed by atoms with Crippen LogP contribution in [0.25, 0.3) is 42.4 Å². The van der Waals surface area contributed by atoms with Crippen LogP contribution in [0.1, 0.15) is 36.0 Å². The Labute approximate surface area is 335 Å². The summed E-state index contributed by atoms with van der Waals surface area (Å²) in [6.07, 6.45) is 0.396. The quantitative estimate of drug-likeness (QED) is 0.0896. The molecule has 2 heterocycles. The molecule has 6 nitrogen and oxygen atoms in total. The molecule has 2 N–H and O–H groups in total. The van der Waals surface area contributed by atoms with E-state index in [1.807, 2.05) is 66.7 Å². The van der Waals surface area contributed by atoms with E-state index >= 15 is 0 Å². The van der Waals surface area contributed by atoms with Crippen LogP contribution in [0.5, 0.6) is 0 Å². The number of hydrogen-bond acceptors (Lipinski definition) is 6. The molecule has 0 bridgehead atoms. The van der Waals surface area contributed by atoms with Crippen molar-refractivity contribution in [1.82, 2.24) is 10.6 Å². The summed E-state index contributed by atoms with van der Waals surface area (Å²) in [6, 6.07) is 35.5. The van der Waals surface area contributed by atoms with Gasteiger partial charge in [0.2, 0.25) is 0 Å². The van der Waals surface area contributed by atoms with Crippen molar-refractivity contribution in [2.24, 2.45) is 0 Å². The number of alkyl halides is 1. The number of carbonyl (C=O) groups excluding carboxylic acids is 2. The van der Waals surface area contributed by atoms with Crippen molar-refractivity contribution in [3.63, 3.8) is 0 Å². The molecule has 0 aliphatic carbocycles. The molecule has 55 heavy (non-hydrogen) atoms. The summed E-state index contributed by atoms with van der Waals surface area (Å²) in [7, 11) is 3.21. The van der Waals surface area contributed by atoms with E-state index in [9.17, 15) is 18.4 Å². The number of amides is 2. The highest BCUT2D eigenvalue weighted by Crippen LogP contribution is 2.37. The average molecular weight is 842 g/mol. The molecule has 0 saturated carbocycles. The second-order valence-electron chi connectivity index (χ2n) is 12.6. The molecule has 7 aromatic rings. The summed E-state index contributed by atoms with van der Waals surface area (Å²) in [4.78, 5) is 26.9. The summed E-state index contributed by atoms with van der Waals surface area (Å²) < 4.78 is 39.5. The number of hydrogen-bond donors (Lipinski definition) is 2. The maximum atomic E-state index is 14.1. The van der Waals surface area contributed by atoms with E-state index in [0.717, 1.165) is 48.6 Å². The zero-order valence-corrected chi connectivity index (χ0v) is 33.5. The van der Waals surface area contributed by atoms with Gasteiger partial charge in [-0.15, -0.1) is 22.7 Å². The standard InChI is InChI=1S/C25H21F2NO2S.C19H18BrNO2S/c1-30-11-10-28-25(29)19-6-2-4-16(12-19)22-7-3-5-18-14-21(31-24(18)22)13-17-8-9-20(26)15-23(17)27;1-23-9-8-21-19(22)15-6-2-4-13(10-15)17-7-3-5-14-11-16(12-20)24-18(14)17/h2-9,12,14-15H,10-11,13H2,1H3,(H,28,29);2-7,10-11H,8-9,12H2,1H3,(H,21,22). The molecule has 0 atom stereocenters. The van der Waals surface area contributed by atoms with Gasteiger partial charge in [0.25, 0.3) is 11.8 Å². The minimum absolute atomic E-state index is 0.0756. The van der Waals surface area contributed by atoms with Crippen LogP contribution in [0.3, 0.4) is 0 Å². The zero-order chi connectivity index (χ0) is 38.7. The van der Waals surface area contributed by atoms with Crippen molar-refractivity contribution in [2.75, 3.05) is 40.5 Å². The highest BCUT2D eigenvalue weighted by atomic mass is 79.9. The van der Waals surface area contributed by atoms with Crippen molar-refractivity contribution in [3.8, 4) is 22.3 Å². The minimum Gasteiger partial charge on any atom is -0.383 e. The normalized spacial score (nSPS) is 11.0. The summed E-state index contributed by atoms with van der Waals surface area (Å²) in [6.45, 7) is 1.92. The van der Waals surface area contributed by atoms with Crippen LogP contribution in [-0.4, -0.2) is 52.3 Å². The first-order valence-electron chi connectivity index (χ1n) is 17.6. The van der Waals surface area contributed by atoms with E-state index in [0.29, 0.717) is 49.4 Å². The fraction of sp³-hybridized carbons (Fsp3) is 0.182. The summed E-state index contributed by atoms with van der Waals surface area (Å²) >= 11 is 6.89. The van der Waals surface area contributed by atoms with Gasteiger partial charge in [-0.3, -0.25) is 9.59 Å². The van der Waals surface area contributed by atoms with Gasteiger partial charge in [0, 0.05) is 75.4 Å². The maximum Gasteiger partial charge on any atom is 0.251 e. The van der Waals surface area contributed by atoms with E-state index in [4.69, 9.17) is 9.47 Å². The van der Waals surface area contributed by atoms with Crippen LogP contribution in [0, 0.1) is 11.6 Å². The average Bonchev–Trinajstić information content (AvgIpc) is 3.83. The fourth-order valence-electron chi connectivity index (χ4n) is 6.09. The lowest BCUT2D eigenvalue weighted by molar-refractivity contribution is 0.0929. The molecule has 0 unspecified atom stereocenters. The summed E-state index contributed by atoms with van der Waals surface area (Å²) in [5, 5.41) is 8.84. The molecule has 2 amide bonds. The Balaban J connectivity index is 0.000000193. The molecular weight excluding hydrogens is 803 g/mol. The molecule has 11 heteroatoms. The zero-order valence-electron chi connectivity index (χ0n) is 30.3. The highest BCUT2D eigenvalue weighted by molar-refractivity contribution is 9.08. The van der Waals surface area contributed by atoms with Crippen LogP contribution in [0.15, 0.2) is 115 Å². The molecule has 7 rings (SSSR count). The maximum absolute atomic E-state index is 14.1. The molecule has 5 aromatic carbocycles. The molecule has 0 aliphatic heterocycles. The Morgan fingerprint density at radius 3 is 1.65 bits per heavy atom. The summed E-state index contributed by atoms with van der Waals surface area (Å²) in [5.74, 6) is -1.34. The highest BCUT2D eigenvalue weighted by Gasteiger charge is 2.14. The molecule has 0 spiro atoms. The Bertz CT molecular complexity index is 2430. The van der Waals surface area contributed by atoms with Gasteiger partial charge in [-0.1, -0.05) is 82.7 Å². The van der Waals surface area contributed by atoms with Crippen molar-refractivity contribution < 1.29 is 27.8 Å². The first kappa shape index (κ1) is 39.9. The van der Waals surface area contributed by atoms with Gasteiger partial charge in [0.15, 0.2) is 0 Å². The number of benzene rings is 5. The van der Waals surface area contributed by atoms with Crippen molar-refractivity contribution >= 4 is 70.6 Å². The molecule has 0 saturated heterocycles. The second-order valence-corrected chi connectivity index (χ2v) is 15.4. The molecular formula is C44H39BrF2N2O4S2. The van der Waals surface area contributed by atoms with Crippen molar-refractivity contribution in [2.45, 2.75) is 11.8 Å². The third-order valence-electron chi connectivity index (χ3n) is 8.76. The van der Waals surface area contributed by atoms with E-state index < -0.39 is 11.6 Å². The lowest BCUT2D eigenvalue weighted by atomic mass is 10.0. The van der Waals surface area contributed by atoms with Crippen LogP contribution >= 0.6 is 38.6 Å². The molecule has 0 aliphatic rings. The number of fused-ring (bicyclic) bond motifs is 2. The third-order valence-corrected chi connectivity index (χ3v) is 12.1. The first-order valence-corrected chi connectivity index (χ1v) is 20.3. The largest absolute Gasteiger partial charge is 0.383 e. The summed E-state index contributed by atoms with van der Waals surface area (Å²) in [5.41, 5.74) is 5.88. The molecule has 282 valence electrons. The van der Waals surface area contributed by atoms with Gasteiger partial charge in [0.05, 0.1) is 13.2 Å². The Hall–Kier alpha value is -4.78. The number of thiophene rings is 2. The van der Waals surface area contributed by atoms with E-state index in [-0.39, 0.29) is 11.8 Å². The van der Waals surface area contributed by atoms with Crippen molar-refractivity contribution in [1.29, 1.82) is 0 Å². The van der Waals surface area contributed by atoms with Gasteiger partial charge < -0.3 is 20.1 Å². The number of ether oxygens (including phenoxy) is 2. The number of methoxy groups -OCH3 is 2. The van der Waals surface area contributed by atoms with E-state index in [2.05, 4.69) is 50.8 Å². The van der Waals surface area contributed by atoms with Gasteiger partial charge in [-0.2, -0.15) is 0 Å². The lowest BCUT2D eigenvalue weighted by Crippen LogP contribution is -2.26. The Morgan fingerprint density at radius 1 is 0.636 bits per heavy atom. The van der Waals surface area contributed by atoms with Gasteiger partial charge in [-0.25, -0.2) is 8.78 Å². The number of nitrogens with one attached hydrogen (secondary N) is 2. The van der Waals surface area contributed by atoms with Gasteiger partial charge in [0.1, 0.15) is 11.6 Å². The Kier molecular flexibility index (Phi) is 13.9. The smallest absolute Gasteiger partial charge is 0.251 e. The monoisotopic (exact) mass is 840 g/mol. The van der Waals surface area contributed by atoms with Crippen LogP contribution in [-0.2, 0) is 21.2 Å². The predicted molar refractivity (Wildman–Crippen MR) is 225 cm³/mol. The molecule has 0 radical (unpaired) electrons.